The molecular formula is C25H22I2N4. The average Bonchev–Trinajstić information content (AvgIpc) is 3.48. The summed E-state index contributed by atoms with van der Waals surface area (Å²) in [6, 6.07) is 31.9. The summed E-state index contributed by atoms with van der Waals surface area (Å²) in [6.45, 7) is 0. The Morgan fingerprint density at radius 3 is 1.52 bits per heavy atom. The molecule has 0 atom stereocenters. The lowest BCUT2D eigenvalue weighted by atomic mass is 9.77. The molecule has 6 heteroatoms. The monoisotopic (exact) mass is 632 g/mol. The molecule has 2 aromatic heterocycles. The molecule has 0 aliphatic carbocycles. The summed E-state index contributed by atoms with van der Waals surface area (Å²) in [5.41, 5.74) is 3.17. The maximum absolute atomic E-state index is 4.51. The molecule has 0 saturated carbocycles. The first kappa shape index (κ1) is 21.8. The van der Waals surface area contributed by atoms with Crippen molar-refractivity contribution < 1.29 is 1.43 Å². The van der Waals surface area contributed by atoms with E-state index in [2.05, 4.69) is 162 Å². The third-order valence-electron chi connectivity index (χ3n) is 4.98. The molecule has 3 aromatic carbocycles. The summed E-state index contributed by atoms with van der Waals surface area (Å²) in [4.78, 5) is 11.1. The van der Waals surface area contributed by atoms with Crippen molar-refractivity contribution in [3.05, 3.63) is 140 Å². The third kappa shape index (κ3) is 4.74. The zero-order valence-electron chi connectivity index (χ0n) is 16.6. The molecule has 5 rings (SSSR count). The lowest BCUT2D eigenvalue weighted by molar-refractivity contribution is 0.514. The molecule has 0 amide bonds. The molecule has 4 nitrogen and oxygen atoms in total. The smallest absolute Gasteiger partial charge is 0.121 e. The van der Waals surface area contributed by atoms with E-state index >= 15 is 0 Å². The summed E-state index contributed by atoms with van der Waals surface area (Å²) in [5.74, 6) is 0. The van der Waals surface area contributed by atoms with Gasteiger partial charge in [-0.3, -0.25) is 0 Å². The topological polar surface area (TPSA) is 46.5 Å². The highest BCUT2D eigenvalue weighted by Crippen LogP contribution is 2.40. The molecule has 0 unspecified atom stereocenters. The summed E-state index contributed by atoms with van der Waals surface area (Å²) < 4.78 is 4.27. The lowest BCUT2D eigenvalue weighted by Gasteiger charge is -2.37. The Balaban J connectivity index is 0.000000360. The first-order chi connectivity index (χ1) is 15.2. The summed E-state index contributed by atoms with van der Waals surface area (Å²) in [5, 5.41) is 0. The summed E-state index contributed by atoms with van der Waals surface area (Å²) in [6.07, 6.45) is 7.45. The Labute approximate surface area is 210 Å². The van der Waals surface area contributed by atoms with Gasteiger partial charge in [-0.25, -0.2) is 9.97 Å². The van der Waals surface area contributed by atoms with Crippen LogP contribution >= 0.6 is 45.2 Å². The zero-order valence-corrected chi connectivity index (χ0v) is 20.9. The Kier molecular flexibility index (Phi) is 7.18. The van der Waals surface area contributed by atoms with E-state index in [1.165, 1.54) is 16.7 Å². The number of halogens is 2. The van der Waals surface area contributed by atoms with Crippen LogP contribution in [0.1, 0.15) is 18.1 Å². The van der Waals surface area contributed by atoms with Gasteiger partial charge in [-0.05, 0) is 61.9 Å². The SMILES string of the molecule is Ic1cn(C(c2ccccc2)(c2ccccc2)c2ccccc2)cn1.Ic1cnc[nH]1.[HH]. The largest absolute Gasteiger partial charge is 0.340 e. The highest BCUT2D eigenvalue weighted by molar-refractivity contribution is 14.1. The van der Waals surface area contributed by atoms with Crippen molar-refractivity contribution in [3.8, 4) is 0 Å². The van der Waals surface area contributed by atoms with Gasteiger partial charge in [0.15, 0.2) is 0 Å². The van der Waals surface area contributed by atoms with Gasteiger partial charge in [-0.1, -0.05) is 91.0 Å². The van der Waals surface area contributed by atoms with E-state index in [9.17, 15) is 0 Å². The number of imidazole rings is 2. The number of benzene rings is 3. The van der Waals surface area contributed by atoms with Crippen LogP contribution in [0.15, 0.2) is 116 Å². The second-order valence-electron chi connectivity index (χ2n) is 6.81. The summed E-state index contributed by atoms with van der Waals surface area (Å²) in [7, 11) is 0. The van der Waals surface area contributed by atoms with Crippen LogP contribution in [0, 0.1) is 7.40 Å². The molecule has 2 heterocycles. The third-order valence-corrected chi connectivity index (χ3v) is 6.12. The van der Waals surface area contributed by atoms with E-state index in [0.29, 0.717) is 0 Å². The maximum atomic E-state index is 4.51. The molecule has 0 bridgehead atoms. The Bertz CT molecular complexity index is 1100. The first-order valence-corrected chi connectivity index (χ1v) is 11.9. The van der Waals surface area contributed by atoms with Crippen molar-refractivity contribution in [2.75, 3.05) is 0 Å². The predicted molar refractivity (Wildman–Crippen MR) is 143 cm³/mol. The first-order valence-electron chi connectivity index (χ1n) is 9.71. The van der Waals surface area contributed by atoms with Crippen LogP contribution in [-0.4, -0.2) is 19.5 Å². The molecule has 0 spiro atoms. The van der Waals surface area contributed by atoms with Gasteiger partial charge in [0.2, 0.25) is 0 Å². The van der Waals surface area contributed by atoms with E-state index in [1.807, 2.05) is 6.33 Å². The number of aromatic amines is 1. The normalized spacial score (nSPS) is 10.9. The maximum Gasteiger partial charge on any atom is 0.121 e. The van der Waals surface area contributed by atoms with E-state index in [-0.39, 0.29) is 1.43 Å². The molecule has 0 aliphatic rings. The van der Waals surface area contributed by atoms with Crippen molar-refractivity contribution >= 4 is 45.2 Å². The van der Waals surface area contributed by atoms with Crippen LogP contribution in [0.5, 0.6) is 0 Å². The lowest BCUT2D eigenvalue weighted by Crippen LogP contribution is -2.36. The minimum atomic E-state index is -0.458. The minimum Gasteiger partial charge on any atom is -0.340 e. The van der Waals surface area contributed by atoms with Crippen molar-refractivity contribution in [3.63, 3.8) is 0 Å². The number of nitrogens with zero attached hydrogens (tertiary/aromatic N) is 3. The molecule has 0 saturated heterocycles. The van der Waals surface area contributed by atoms with Crippen LogP contribution in [-0.2, 0) is 5.54 Å². The highest BCUT2D eigenvalue weighted by Gasteiger charge is 2.38. The van der Waals surface area contributed by atoms with Gasteiger partial charge >= 0.3 is 0 Å². The van der Waals surface area contributed by atoms with Crippen LogP contribution in [0.3, 0.4) is 0 Å². The van der Waals surface area contributed by atoms with Crippen molar-refractivity contribution in [1.29, 1.82) is 0 Å². The number of rotatable bonds is 4. The van der Waals surface area contributed by atoms with Crippen LogP contribution < -0.4 is 0 Å². The van der Waals surface area contributed by atoms with Crippen molar-refractivity contribution in [2.24, 2.45) is 0 Å². The van der Waals surface area contributed by atoms with Gasteiger partial charge in [-0.15, -0.1) is 0 Å². The van der Waals surface area contributed by atoms with Gasteiger partial charge < -0.3 is 9.55 Å². The highest BCUT2D eigenvalue weighted by atomic mass is 127. The van der Waals surface area contributed by atoms with E-state index in [1.54, 1.807) is 12.5 Å². The molecule has 0 radical (unpaired) electrons. The molecule has 31 heavy (non-hydrogen) atoms. The molecule has 5 aromatic rings. The second kappa shape index (κ2) is 10.2. The van der Waals surface area contributed by atoms with Gasteiger partial charge in [-0.2, -0.15) is 0 Å². The van der Waals surface area contributed by atoms with Crippen LogP contribution in [0.4, 0.5) is 0 Å². The standard InChI is InChI=1S/C22H17IN2.C3H3IN2.H2/c23-21-16-25(17-24-21)22(18-10-4-1-5-11-18,19-12-6-2-7-13-19)20-14-8-3-9-15-20;4-3-1-5-2-6-3;/h1-17H;1-2H,(H,5,6);1H. The second-order valence-corrected chi connectivity index (χ2v) is 9.08. The fraction of sp³-hybridized carbons (Fsp3) is 0.0400. The number of hydrogen-bond donors (Lipinski definition) is 1. The van der Waals surface area contributed by atoms with E-state index in [4.69, 9.17) is 0 Å². The van der Waals surface area contributed by atoms with Gasteiger partial charge in [0.1, 0.15) is 9.24 Å². The van der Waals surface area contributed by atoms with Crippen LogP contribution in [0.2, 0.25) is 0 Å². The minimum absolute atomic E-state index is 0. The van der Waals surface area contributed by atoms with Crippen molar-refractivity contribution in [1.82, 2.24) is 19.5 Å². The van der Waals surface area contributed by atoms with Crippen LogP contribution in [0.25, 0.3) is 0 Å². The molecule has 1 N–H and O–H groups in total. The van der Waals surface area contributed by atoms with Gasteiger partial charge in [0, 0.05) is 7.62 Å². The molecule has 0 aliphatic heterocycles. The average molecular weight is 632 g/mol. The fourth-order valence-electron chi connectivity index (χ4n) is 3.71. The Hall–Kier alpha value is -2.46. The predicted octanol–water partition coefficient (Wildman–Crippen LogP) is 6.59. The number of hydrogen-bond acceptors (Lipinski definition) is 2. The Morgan fingerprint density at radius 1 is 0.742 bits per heavy atom. The quantitative estimate of drug-likeness (QED) is 0.180. The number of H-pyrrole nitrogens is 1. The van der Waals surface area contributed by atoms with Gasteiger partial charge in [0.05, 0.1) is 22.6 Å². The van der Waals surface area contributed by atoms with E-state index in [0.717, 1.165) is 7.40 Å². The van der Waals surface area contributed by atoms with E-state index < -0.39 is 5.54 Å². The molecule has 156 valence electrons. The fourth-order valence-corrected chi connectivity index (χ4v) is 4.43. The number of aromatic nitrogens is 4. The Morgan fingerprint density at radius 2 is 1.23 bits per heavy atom. The number of nitrogens with one attached hydrogen (secondary N) is 1. The summed E-state index contributed by atoms with van der Waals surface area (Å²) >= 11 is 4.42. The zero-order chi connectivity index (χ0) is 21.5. The molecule has 0 fully saturated rings. The molecular weight excluding hydrogens is 610 g/mol. The van der Waals surface area contributed by atoms with Gasteiger partial charge in [0.25, 0.3) is 0 Å². The van der Waals surface area contributed by atoms with Crippen molar-refractivity contribution in [2.45, 2.75) is 5.54 Å².